The molecule has 18 heavy (non-hydrogen) atoms. The Labute approximate surface area is 99.1 Å². The Hall–Kier alpha value is -2.90. The standard InChI is InChI=1S/C10H8N6O2/c17-8-5(2-1-3-11-8)13-9-12-4-6-7(15-9)16-10(18)14-6/h1-4H,(H,11,17)(H3,12,13,14,15,16,18). The van der Waals surface area contributed by atoms with Crippen molar-refractivity contribution in [1.82, 2.24) is 24.9 Å². The van der Waals surface area contributed by atoms with Crippen molar-refractivity contribution in [2.75, 3.05) is 5.32 Å². The van der Waals surface area contributed by atoms with E-state index in [4.69, 9.17) is 0 Å². The van der Waals surface area contributed by atoms with Gasteiger partial charge in [0, 0.05) is 6.20 Å². The number of nitrogens with one attached hydrogen (secondary N) is 4. The summed E-state index contributed by atoms with van der Waals surface area (Å²) >= 11 is 0. The van der Waals surface area contributed by atoms with Crippen molar-refractivity contribution in [2.45, 2.75) is 0 Å². The van der Waals surface area contributed by atoms with Crippen LogP contribution >= 0.6 is 0 Å². The minimum absolute atomic E-state index is 0.231. The Kier molecular flexibility index (Phi) is 2.19. The monoisotopic (exact) mass is 244 g/mol. The molecule has 4 N–H and O–H groups in total. The van der Waals surface area contributed by atoms with E-state index in [0.717, 1.165) is 0 Å². The van der Waals surface area contributed by atoms with Crippen molar-refractivity contribution in [3.63, 3.8) is 0 Å². The van der Waals surface area contributed by atoms with Gasteiger partial charge in [-0.2, -0.15) is 4.98 Å². The number of H-pyrrole nitrogens is 3. The van der Waals surface area contributed by atoms with Gasteiger partial charge in [0.25, 0.3) is 5.56 Å². The van der Waals surface area contributed by atoms with Crippen molar-refractivity contribution in [2.24, 2.45) is 0 Å². The van der Waals surface area contributed by atoms with Crippen molar-refractivity contribution >= 4 is 22.8 Å². The van der Waals surface area contributed by atoms with Crippen molar-refractivity contribution in [3.05, 3.63) is 45.4 Å². The number of aromatic amines is 3. The molecule has 0 spiro atoms. The molecule has 8 nitrogen and oxygen atoms in total. The second-order valence-electron chi connectivity index (χ2n) is 3.57. The molecule has 0 aliphatic rings. The molecule has 0 aromatic carbocycles. The molecule has 90 valence electrons. The maximum atomic E-state index is 11.5. The molecule has 0 aliphatic heterocycles. The maximum Gasteiger partial charge on any atom is 0.325 e. The topological polar surface area (TPSA) is 119 Å². The molecule has 0 fully saturated rings. The van der Waals surface area contributed by atoms with E-state index in [-0.39, 0.29) is 17.2 Å². The van der Waals surface area contributed by atoms with Crippen molar-refractivity contribution in [1.29, 1.82) is 0 Å². The Bertz CT molecular complexity index is 815. The van der Waals surface area contributed by atoms with Crippen molar-refractivity contribution in [3.8, 4) is 0 Å². The quantitative estimate of drug-likeness (QED) is 0.509. The summed E-state index contributed by atoms with van der Waals surface area (Å²) in [6.07, 6.45) is 2.99. The molecule has 0 bridgehead atoms. The van der Waals surface area contributed by atoms with Crippen LogP contribution in [-0.4, -0.2) is 24.9 Å². The van der Waals surface area contributed by atoms with Crippen LogP contribution in [0.3, 0.4) is 0 Å². The summed E-state index contributed by atoms with van der Waals surface area (Å²) in [5.74, 6) is 0.231. The fraction of sp³-hybridized carbons (Fsp3) is 0. The zero-order chi connectivity index (χ0) is 12.5. The van der Waals surface area contributed by atoms with E-state index in [1.165, 1.54) is 12.4 Å². The van der Waals surface area contributed by atoms with Crippen LogP contribution in [0.1, 0.15) is 0 Å². The van der Waals surface area contributed by atoms with Gasteiger partial charge in [0.05, 0.1) is 6.20 Å². The van der Waals surface area contributed by atoms with E-state index in [2.05, 4.69) is 30.2 Å². The Balaban J connectivity index is 2.02. The van der Waals surface area contributed by atoms with Crippen LogP contribution in [0.15, 0.2) is 34.1 Å². The van der Waals surface area contributed by atoms with Gasteiger partial charge in [0.2, 0.25) is 5.95 Å². The fourth-order valence-corrected chi connectivity index (χ4v) is 1.53. The van der Waals surface area contributed by atoms with E-state index in [1.54, 1.807) is 12.1 Å². The van der Waals surface area contributed by atoms with Crippen LogP contribution in [-0.2, 0) is 0 Å². The number of imidazole rings is 1. The highest BCUT2D eigenvalue weighted by Crippen LogP contribution is 2.09. The molecule has 0 amide bonds. The minimum atomic E-state index is -0.353. The first kappa shape index (κ1) is 10.3. The van der Waals surface area contributed by atoms with Crippen LogP contribution in [0, 0.1) is 0 Å². The summed E-state index contributed by atoms with van der Waals surface area (Å²) in [6, 6.07) is 3.28. The lowest BCUT2D eigenvalue weighted by Gasteiger charge is -2.02. The average molecular weight is 244 g/mol. The molecule has 0 radical (unpaired) electrons. The summed E-state index contributed by atoms with van der Waals surface area (Å²) in [5.41, 5.74) is 0.588. The smallest absolute Gasteiger partial charge is 0.325 e. The highest BCUT2D eigenvalue weighted by molar-refractivity contribution is 5.70. The second-order valence-corrected chi connectivity index (χ2v) is 3.57. The minimum Gasteiger partial charge on any atom is -0.327 e. The third-order valence-corrected chi connectivity index (χ3v) is 2.33. The first-order valence-corrected chi connectivity index (χ1v) is 5.12. The summed E-state index contributed by atoms with van der Waals surface area (Å²) < 4.78 is 0. The van der Waals surface area contributed by atoms with Crippen LogP contribution < -0.4 is 16.6 Å². The van der Waals surface area contributed by atoms with Gasteiger partial charge in [-0.1, -0.05) is 0 Å². The van der Waals surface area contributed by atoms with Gasteiger partial charge in [0.15, 0.2) is 5.65 Å². The lowest BCUT2D eigenvalue weighted by molar-refractivity contribution is 1.16. The molecule has 0 atom stereocenters. The van der Waals surface area contributed by atoms with Gasteiger partial charge < -0.3 is 15.3 Å². The zero-order valence-corrected chi connectivity index (χ0v) is 9.02. The zero-order valence-electron chi connectivity index (χ0n) is 9.02. The molecule has 0 saturated heterocycles. The maximum absolute atomic E-state index is 11.5. The average Bonchev–Trinajstić information content (AvgIpc) is 2.71. The number of fused-ring (bicyclic) bond motifs is 1. The van der Waals surface area contributed by atoms with Crippen molar-refractivity contribution < 1.29 is 0 Å². The number of anilines is 2. The molecule has 3 aromatic rings. The number of hydrogen-bond donors (Lipinski definition) is 4. The number of aromatic nitrogens is 5. The lowest BCUT2D eigenvalue weighted by atomic mass is 10.4. The normalized spacial score (nSPS) is 10.7. The molecule has 0 unspecified atom stereocenters. The van der Waals surface area contributed by atoms with Crippen LogP contribution in [0.5, 0.6) is 0 Å². The fourth-order valence-electron chi connectivity index (χ4n) is 1.53. The molecular formula is C10H8N6O2. The van der Waals surface area contributed by atoms with Gasteiger partial charge in [-0.3, -0.25) is 9.78 Å². The van der Waals surface area contributed by atoms with Gasteiger partial charge in [-0.25, -0.2) is 9.78 Å². The summed E-state index contributed by atoms with van der Waals surface area (Å²) in [4.78, 5) is 38.1. The largest absolute Gasteiger partial charge is 0.327 e. The molecular weight excluding hydrogens is 236 g/mol. The number of rotatable bonds is 2. The van der Waals surface area contributed by atoms with Gasteiger partial charge in [-0.15, -0.1) is 0 Å². The molecule has 0 aliphatic carbocycles. The molecule has 0 saturated carbocycles. The number of pyridine rings is 1. The first-order valence-electron chi connectivity index (χ1n) is 5.12. The van der Waals surface area contributed by atoms with E-state index >= 15 is 0 Å². The van der Waals surface area contributed by atoms with Crippen LogP contribution in [0.25, 0.3) is 11.2 Å². The Morgan fingerprint density at radius 3 is 2.94 bits per heavy atom. The van der Waals surface area contributed by atoms with Gasteiger partial charge in [0.1, 0.15) is 11.2 Å². The Morgan fingerprint density at radius 2 is 2.11 bits per heavy atom. The second kappa shape index (κ2) is 3.84. The van der Waals surface area contributed by atoms with E-state index < -0.39 is 0 Å². The molecule has 3 rings (SSSR count). The third-order valence-electron chi connectivity index (χ3n) is 2.33. The first-order chi connectivity index (χ1) is 8.72. The Morgan fingerprint density at radius 1 is 1.22 bits per heavy atom. The molecule has 3 aromatic heterocycles. The molecule has 8 heteroatoms. The predicted molar refractivity (Wildman–Crippen MR) is 64.9 cm³/mol. The van der Waals surface area contributed by atoms with E-state index in [0.29, 0.717) is 16.9 Å². The highest BCUT2D eigenvalue weighted by Gasteiger charge is 2.04. The van der Waals surface area contributed by atoms with Crippen LogP contribution in [0.4, 0.5) is 11.6 Å². The SMILES string of the molecule is O=c1[nH]c2cnc(Nc3ccc[nH]c3=O)nc2[nH]1. The molecule has 3 heterocycles. The van der Waals surface area contributed by atoms with Crippen LogP contribution in [0.2, 0.25) is 0 Å². The van der Waals surface area contributed by atoms with E-state index in [1.807, 2.05) is 0 Å². The number of nitrogens with zero attached hydrogens (tertiary/aromatic N) is 2. The van der Waals surface area contributed by atoms with Gasteiger partial charge in [-0.05, 0) is 12.1 Å². The highest BCUT2D eigenvalue weighted by atomic mass is 16.1. The third kappa shape index (κ3) is 1.75. The number of hydrogen-bond acceptors (Lipinski definition) is 5. The predicted octanol–water partition coefficient (Wildman–Crippen LogP) is 0.0781. The van der Waals surface area contributed by atoms with Gasteiger partial charge >= 0.3 is 5.69 Å². The van der Waals surface area contributed by atoms with E-state index in [9.17, 15) is 9.59 Å². The lowest BCUT2D eigenvalue weighted by Crippen LogP contribution is -2.11. The summed E-state index contributed by atoms with van der Waals surface area (Å²) in [7, 11) is 0. The summed E-state index contributed by atoms with van der Waals surface area (Å²) in [5, 5.41) is 2.77. The summed E-state index contributed by atoms with van der Waals surface area (Å²) in [6.45, 7) is 0.